The number of carboxylic acids is 1. The molecule has 7 N–H and O–H groups in total. The first-order chi connectivity index (χ1) is 36.5. The number of amides is 8. The van der Waals surface area contributed by atoms with Gasteiger partial charge in [0, 0.05) is 51.2 Å². The molecule has 8 amide bonds. The monoisotopic (exact) mass is 1110 g/mol. The number of aliphatic carboxylic acids is 1. The van der Waals surface area contributed by atoms with Gasteiger partial charge < -0.3 is 75.2 Å². The van der Waals surface area contributed by atoms with E-state index >= 15 is 4.79 Å². The van der Waals surface area contributed by atoms with Crippen molar-refractivity contribution in [1.82, 2.24) is 41.7 Å². The molecule has 4 bridgehead atoms. The number of fused-ring (bicyclic) bond motifs is 5. The molecule has 0 saturated heterocycles. The molecule has 0 aliphatic carbocycles. The lowest BCUT2D eigenvalue weighted by Crippen LogP contribution is -2.55. The zero-order chi connectivity index (χ0) is 59.6. The van der Waals surface area contributed by atoms with Gasteiger partial charge in [0.05, 0.1) is 13.1 Å². The summed E-state index contributed by atoms with van der Waals surface area (Å²) in [4.78, 5) is 123. The van der Waals surface area contributed by atoms with Gasteiger partial charge in [0.15, 0.2) is 0 Å². The average molecular weight is 1110 g/mol. The van der Waals surface area contributed by atoms with E-state index in [4.69, 9.17) is 28.4 Å². The van der Waals surface area contributed by atoms with Gasteiger partial charge in [-0.25, -0.2) is 24.0 Å². The van der Waals surface area contributed by atoms with Crippen LogP contribution in [0.1, 0.15) is 133 Å². The second kappa shape index (κ2) is 28.9. The average Bonchev–Trinajstić information content (AvgIpc) is 3.32. The molecule has 3 rings (SSSR count). The Morgan fingerprint density at radius 1 is 0.658 bits per heavy atom. The first-order valence-electron chi connectivity index (χ1n) is 26.3. The number of hydrogen-bond donors (Lipinski definition) is 7. The van der Waals surface area contributed by atoms with E-state index in [1.54, 1.807) is 107 Å². The van der Waals surface area contributed by atoms with E-state index in [0.29, 0.717) is 17.5 Å². The number of hydrogen-bond acceptors (Lipinski definition) is 15. The lowest BCUT2D eigenvalue weighted by molar-refractivity contribution is -0.144. The van der Waals surface area contributed by atoms with Crippen molar-refractivity contribution in [2.24, 2.45) is 0 Å². The van der Waals surface area contributed by atoms with Gasteiger partial charge in [0.25, 0.3) is 0 Å². The quantitative estimate of drug-likeness (QED) is 0.0615. The zero-order valence-electron chi connectivity index (χ0n) is 48.5. The number of nitrogens with zero attached hydrogens (tertiary/aromatic N) is 2. The standard InChI is InChI=1S/C55H84N8O16/c1-33-44(65)61-39(47(68)69)31-34-19-21-40(74-28-25-57-49(71)77-53(5,6)7)36(30-34)37-32-35(20-22-41(37)75-29-26-58-50(72)78-54(8,9)10)43(45(66)59-33)63(15)46(67)38(18-16-17-24-56-48(70)76-52(2,3)4)60-42(64)23-27-62(14)51(73)79-55(11,12)13/h19-22,30,32-33,38-39,43H,16-18,23-29,31H2,1-15H3,(H,56,70)(H,57,71)(H,58,72)(H,59,66)(H,60,64)(H,61,65)(H,68,69)/t33-,38-,39-,43-/m0/s1. The predicted molar refractivity (Wildman–Crippen MR) is 291 cm³/mol. The number of likely N-dealkylation sites (N-methyl/N-ethyl adjacent to an activating group) is 1. The third-order valence-electron chi connectivity index (χ3n) is 11.1. The highest BCUT2D eigenvalue weighted by Crippen LogP contribution is 2.40. The molecule has 1 aliphatic heterocycles. The Balaban J connectivity index is 2.22. The van der Waals surface area contributed by atoms with Gasteiger partial charge in [-0.15, -0.1) is 0 Å². The molecule has 2 aromatic carbocycles. The lowest BCUT2D eigenvalue weighted by Gasteiger charge is -2.33. The van der Waals surface area contributed by atoms with Crippen LogP contribution in [0.3, 0.4) is 0 Å². The number of nitrogens with one attached hydrogen (secondary N) is 6. The summed E-state index contributed by atoms with van der Waals surface area (Å²) in [5, 5.41) is 26.2. The maximum absolute atomic E-state index is 15.0. The van der Waals surface area contributed by atoms with Crippen molar-refractivity contribution in [3.8, 4) is 22.6 Å². The summed E-state index contributed by atoms with van der Waals surface area (Å²) < 4.78 is 34.0. The van der Waals surface area contributed by atoms with E-state index in [9.17, 15) is 43.5 Å². The molecule has 24 nitrogen and oxygen atoms in total. The SMILES string of the molecule is C[C@@H]1NC(=O)[C@@H](N(C)C(=O)[C@H](CCCCNC(=O)OC(C)(C)C)NC(=O)CCN(C)C(=O)OC(C)(C)C)c2ccc(OCCNC(=O)OC(C)(C)C)c(c2)-c2cc(ccc2OCCNC(=O)OC(C)(C)C)C[C@@H](C(=O)O)NC1=O. The highest BCUT2D eigenvalue weighted by Gasteiger charge is 2.36. The second-order valence-electron chi connectivity index (χ2n) is 23.0. The van der Waals surface area contributed by atoms with Gasteiger partial charge in [-0.05, 0) is 145 Å². The molecule has 2 aromatic rings. The van der Waals surface area contributed by atoms with Crippen LogP contribution in [-0.2, 0) is 49.3 Å². The van der Waals surface area contributed by atoms with Crippen molar-refractivity contribution in [2.75, 3.05) is 53.5 Å². The summed E-state index contributed by atoms with van der Waals surface area (Å²) in [7, 11) is 2.81. The molecule has 1 heterocycles. The van der Waals surface area contributed by atoms with E-state index < -0.39 is 101 Å². The Kier molecular flexibility index (Phi) is 24.1. The summed E-state index contributed by atoms with van der Waals surface area (Å²) >= 11 is 0. The molecule has 4 atom stereocenters. The summed E-state index contributed by atoms with van der Waals surface area (Å²) in [5.74, 6) is -4.01. The molecular formula is C55H84N8O16. The van der Waals surface area contributed by atoms with Crippen LogP contribution < -0.4 is 41.4 Å². The zero-order valence-corrected chi connectivity index (χ0v) is 48.5. The normalized spacial score (nSPS) is 16.2. The summed E-state index contributed by atoms with van der Waals surface area (Å²) in [5.41, 5.74) is -1.88. The second-order valence-corrected chi connectivity index (χ2v) is 23.0. The maximum Gasteiger partial charge on any atom is 0.410 e. The van der Waals surface area contributed by atoms with Gasteiger partial charge >= 0.3 is 30.3 Å². The smallest absolute Gasteiger partial charge is 0.410 e. The Hall–Kier alpha value is -7.53. The largest absolute Gasteiger partial charge is 0.491 e. The number of rotatable bonds is 20. The van der Waals surface area contributed by atoms with E-state index in [0.717, 1.165) is 4.90 Å². The van der Waals surface area contributed by atoms with Crippen molar-refractivity contribution >= 4 is 54.0 Å². The Bertz CT molecular complexity index is 2470. The summed E-state index contributed by atoms with van der Waals surface area (Å²) in [6.45, 7) is 21.8. The molecule has 79 heavy (non-hydrogen) atoms. The number of carboxylic acid groups (broad SMARTS) is 1. The molecule has 0 unspecified atom stereocenters. The highest BCUT2D eigenvalue weighted by atomic mass is 16.6. The first kappa shape index (κ1) is 65.8. The van der Waals surface area contributed by atoms with E-state index in [1.165, 1.54) is 38.1 Å². The van der Waals surface area contributed by atoms with E-state index in [-0.39, 0.29) is 87.7 Å². The van der Waals surface area contributed by atoms with E-state index in [2.05, 4.69) is 31.9 Å². The molecule has 0 radical (unpaired) electrons. The molecule has 0 aromatic heterocycles. The summed E-state index contributed by atoms with van der Waals surface area (Å²) in [6, 6.07) is 3.81. The third kappa shape index (κ3) is 23.9. The van der Waals surface area contributed by atoms with Crippen LogP contribution in [-0.4, -0.2) is 163 Å². The van der Waals surface area contributed by atoms with Crippen LogP contribution in [0.4, 0.5) is 19.2 Å². The Labute approximate surface area is 463 Å². The predicted octanol–water partition coefficient (Wildman–Crippen LogP) is 5.73. The van der Waals surface area contributed by atoms with Crippen LogP contribution in [0.2, 0.25) is 0 Å². The highest BCUT2D eigenvalue weighted by molar-refractivity contribution is 5.96. The van der Waals surface area contributed by atoms with Crippen molar-refractivity contribution < 1.29 is 76.7 Å². The van der Waals surface area contributed by atoms with Crippen LogP contribution in [0.15, 0.2) is 36.4 Å². The van der Waals surface area contributed by atoms with Gasteiger partial charge in [-0.2, -0.15) is 0 Å². The molecule has 0 spiro atoms. The Morgan fingerprint density at radius 3 is 1.66 bits per heavy atom. The number of carbonyl (C=O) groups excluding carboxylic acids is 8. The fourth-order valence-corrected chi connectivity index (χ4v) is 7.57. The first-order valence-corrected chi connectivity index (χ1v) is 26.3. The fraction of sp³-hybridized carbons (Fsp3) is 0.618. The molecule has 0 fully saturated rings. The fourth-order valence-electron chi connectivity index (χ4n) is 7.57. The van der Waals surface area contributed by atoms with Gasteiger partial charge in [0.2, 0.25) is 23.6 Å². The van der Waals surface area contributed by atoms with Crippen LogP contribution in [0, 0.1) is 0 Å². The number of carbonyl (C=O) groups is 9. The molecular weight excluding hydrogens is 1030 g/mol. The number of ether oxygens (including phenoxy) is 6. The minimum absolute atomic E-state index is 0.00527. The minimum Gasteiger partial charge on any atom is -0.491 e. The van der Waals surface area contributed by atoms with Crippen molar-refractivity contribution in [3.05, 3.63) is 47.5 Å². The van der Waals surface area contributed by atoms with E-state index in [1.807, 2.05) is 0 Å². The number of unbranched alkanes of at least 4 members (excludes halogenated alkanes) is 1. The third-order valence-corrected chi connectivity index (χ3v) is 11.1. The van der Waals surface area contributed by atoms with Crippen molar-refractivity contribution in [3.63, 3.8) is 0 Å². The van der Waals surface area contributed by atoms with Crippen LogP contribution in [0.25, 0.3) is 11.1 Å². The lowest BCUT2D eigenvalue weighted by atomic mass is 9.93. The molecule has 0 saturated carbocycles. The summed E-state index contributed by atoms with van der Waals surface area (Å²) in [6.07, 6.45) is -2.49. The Morgan fingerprint density at radius 2 is 1.15 bits per heavy atom. The molecule has 1 aliphatic rings. The number of benzene rings is 2. The van der Waals surface area contributed by atoms with Crippen LogP contribution >= 0.6 is 0 Å². The minimum atomic E-state index is -1.56. The van der Waals surface area contributed by atoms with Crippen LogP contribution in [0.5, 0.6) is 11.5 Å². The van der Waals surface area contributed by atoms with Gasteiger partial charge in [0.1, 0.15) is 71.3 Å². The number of alkyl carbamates (subject to hydrolysis) is 3. The maximum atomic E-state index is 15.0. The topological polar surface area (TPSA) is 308 Å². The van der Waals surface area contributed by atoms with Crippen molar-refractivity contribution in [2.45, 2.75) is 169 Å². The molecule has 24 heteroatoms. The van der Waals surface area contributed by atoms with Gasteiger partial charge in [-0.1, -0.05) is 12.1 Å². The van der Waals surface area contributed by atoms with Gasteiger partial charge in [-0.3, -0.25) is 19.2 Å². The van der Waals surface area contributed by atoms with Crippen molar-refractivity contribution in [1.29, 1.82) is 0 Å². The molecule has 440 valence electrons.